The Bertz CT molecular complexity index is 334. The second-order valence-corrected chi connectivity index (χ2v) is 5.39. The lowest BCUT2D eigenvalue weighted by molar-refractivity contribution is 0.177. The molecule has 1 aliphatic heterocycles. The van der Waals surface area contributed by atoms with Crippen molar-refractivity contribution in [3.63, 3.8) is 0 Å². The molecular formula is C13H21NO2S. The molecule has 0 spiro atoms. The Kier molecular flexibility index (Phi) is 4.83. The van der Waals surface area contributed by atoms with Gasteiger partial charge >= 0.3 is 0 Å². The largest absolute Gasteiger partial charge is 0.496 e. The van der Waals surface area contributed by atoms with E-state index in [1.807, 2.05) is 0 Å². The Balaban J connectivity index is 2.07. The summed E-state index contributed by atoms with van der Waals surface area (Å²) in [6.07, 6.45) is 2.31. The third-order valence-corrected chi connectivity index (χ3v) is 4.18. The van der Waals surface area contributed by atoms with Crippen LogP contribution in [0.3, 0.4) is 0 Å². The lowest BCUT2D eigenvalue weighted by atomic mass is 9.97. The summed E-state index contributed by atoms with van der Waals surface area (Å²) in [5.74, 6) is 1.57. The van der Waals surface area contributed by atoms with Crippen molar-refractivity contribution < 1.29 is 9.47 Å². The summed E-state index contributed by atoms with van der Waals surface area (Å²) in [7, 11) is 1.72. The number of thiophene rings is 1. The van der Waals surface area contributed by atoms with Crippen LogP contribution in [0.5, 0.6) is 5.75 Å². The molecule has 2 heterocycles. The van der Waals surface area contributed by atoms with Crippen LogP contribution in [-0.2, 0) is 4.74 Å². The van der Waals surface area contributed by atoms with E-state index in [1.54, 1.807) is 18.4 Å². The highest BCUT2D eigenvalue weighted by atomic mass is 32.1. The first-order chi connectivity index (χ1) is 8.35. The second kappa shape index (κ2) is 6.38. The van der Waals surface area contributed by atoms with E-state index in [0.29, 0.717) is 12.0 Å². The van der Waals surface area contributed by atoms with Crippen LogP contribution in [0.1, 0.15) is 30.7 Å². The maximum absolute atomic E-state index is 5.51. The summed E-state index contributed by atoms with van der Waals surface area (Å²) in [6, 6.07) is 2.57. The first kappa shape index (κ1) is 12.9. The van der Waals surface area contributed by atoms with Crippen LogP contribution in [-0.4, -0.2) is 26.9 Å². The maximum atomic E-state index is 5.51. The van der Waals surface area contributed by atoms with Crippen molar-refractivity contribution >= 4 is 11.3 Å². The van der Waals surface area contributed by atoms with Crippen molar-refractivity contribution in [1.82, 2.24) is 5.32 Å². The molecule has 2 unspecified atom stereocenters. The van der Waals surface area contributed by atoms with E-state index >= 15 is 0 Å². The van der Waals surface area contributed by atoms with Crippen molar-refractivity contribution in [3.05, 3.63) is 16.3 Å². The zero-order valence-corrected chi connectivity index (χ0v) is 11.4. The standard InChI is InChI=1S/C13H21NO2S/c1-3-5-14-13(10-4-6-16-8-10)12-7-11(15-2)9-17-12/h7,9-10,13-14H,3-6,8H2,1-2H3. The molecule has 0 aliphatic carbocycles. The lowest BCUT2D eigenvalue weighted by Gasteiger charge is -2.22. The molecule has 17 heavy (non-hydrogen) atoms. The third-order valence-electron chi connectivity index (χ3n) is 3.19. The SMILES string of the molecule is CCCNC(c1cc(OC)cs1)C1CCOC1. The van der Waals surface area contributed by atoms with Gasteiger partial charge in [0.1, 0.15) is 5.75 Å². The Hall–Kier alpha value is -0.580. The van der Waals surface area contributed by atoms with Crippen LogP contribution in [0.15, 0.2) is 11.4 Å². The van der Waals surface area contributed by atoms with Crippen LogP contribution in [0.4, 0.5) is 0 Å². The van der Waals surface area contributed by atoms with Gasteiger partial charge in [-0.15, -0.1) is 11.3 Å². The number of nitrogens with one attached hydrogen (secondary N) is 1. The summed E-state index contributed by atoms with van der Waals surface area (Å²) >= 11 is 1.78. The van der Waals surface area contributed by atoms with Crippen molar-refractivity contribution in [2.24, 2.45) is 5.92 Å². The molecule has 4 heteroatoms. The fourth-order valence-electron chi connectivity index (χ4n) is 2.22. The highest BCUT2D eigenvalue weighted by Crippen LogP contribution is 2.34. The van der Waals surface area contributed by atoms with E-state index in [2.05, 4.69) is 23.7 Å². The number of hydrogen-bond donors (Lipinski definition) is 1. The molecule has 1 aliphatic rings. The summed E-state index contributed by atoms with van der Waals surface area (Å²) < 4.78 is 10.8. The predicted molar refractivity (Wildman–Crippen MR) is 70.8 cm³/mol. The quantitative estimate of drug-likeness (QED) is 0.848. The number of hydrogen-bond acceptors (Lipinski definition) is 4. The molecule has 0 bridgehead atoms. The molecule has 2 atom stereocenters. The highest BCUT2D eigenvalue weighted by Gasteiger charge is 2.27. The minimum absolute atomic E-state index is 0.423. The van der Waals surface area contributed by atoms with Gasteiger partial charge in [0, 0.05) is 28.8 Å². The summed E-state index contributed by atoms with van der Waals surface area (Å²) in [5.41, 5.74) is 0. The van der Waals surface area contributed by atoms with Crippen molar-refractivity contribution in [2.75, 3.05) is 26.9 Å². The molecule has 1 N–H and O–H groups in total. The van der Waals surface area contributed by atoms with Crippen LogP contribution < -0.4 is 10.1 Å². The van der Waals surface area contributed by atoms with E-state index < -0.39 is 0 Å². The van der Waals surface area contributed by atoms with Gasteiger partial charge < -0.3 is 14.8 Å². The third kappa shape index (κ3) is 3.21. The summed E-state index contributed by atoms with van der Waals surface area (Å²) in [5, 5.41) is 5.72. The van der Waals surface area contributed by atoms with Crippen molar-refractivity contribution in [1.29, 1.82) is 0 Å². The van der Waals surface area contributed by atoms with Crippen LogP contribution in [0.25, 0.3) is 0 Å². The van der Waals surface area contributed by atoms with Gasteiger partial charge in [0.05, 0.1) is 13.7 Å². The Morgan fingerprint density at radius 2 is 2.53 bits per heavy atom. The Labute approximate surface area is 107 Å². The van der Waals surface area contributed by atoms with Gasteiger partial charge in [-0.25, -0.2) is 0 Å². The normalized spacial score (nSPS) is 21.6. The predicted octanol–water partition coefficient (Wildman–Crippen LogP) is 2.83. The zero-order chi connectivity index (χ0) is 12.1. The Morgan fingerprint density at radius 1 is 1.65 bits per heavy atom. The summed E-state index contributed by atoms with van der Waals surface area (Å²) in [6.45, 7) is 5.03. The average Bonchev–Trinajstić information content (AvgIpc) is 3.00. The number of ether oxygens (including phenoxy) is 2. The van der Waals surface area contributed by atoms with Gasteiger partial charge in [0.15, 0.2) is 0 Å². The molecule has 2 rings (SSSR count). The molecule has 0 saturated carbocycles. The molecule has 0 radical (unpaired) electrons. The van der Waals surface area contributed by atoms with Crippen LogP contribution >= 0.6 is 11.3 Å². The average molecular weight is 255 g/mol. The van der Waals surface area contributed by atoms with E-state index in [1.165, 1.54) is 4.88 Å². The molecule has 1 aromatic heterocycles. The van der Waals surface area contributed by atoms with Crippen LogP contribution in [0.2, 0.25) is 0 Å². The number of methoxy groups -OCH3 is 1. The second-order valence-electron chi connectivity index (χ2n) is 4.44. The van der Waals surface area contributed by atoms with E-state index in [0.717, 1.165) is 38.3 Å². The van der Waals surface area contributed by atoms with Gasteiger partial charge in [0.25, 0.3) is 0 Å². The van der Waals surface area contributed by atoms with Crippen LogP contribution in [0, 0.1) is 5.92 Å². The monoisotopic (exact) mass is 255 g/mol. The van der Waals surface area contributed by atoms with Gasteiger partial charge in [0.2, 0.25) is 0 Å². The molecule has 0 amide bonds. The van der Waals surface area contributed by atoms with Gasteiger partial charge in [-0.2, -0.15) is 0 Å². The number of rotatable bonds is 6. The Morgan fingerprint density at radius 3 is 3.12 bits per heavy atom. The first-order valence-corrected chi connectivity index (χ1v) is 7.16. The van der Waals surface area contributed by atoms with Gasteiger partial charge in [-0.3, -0.25) is 0 Å². The fraction of sp³-hybridized carbons (Fsp3) is 0.692. The van der Waals surface area contributed by atoms with E-state index in [9.17, 15) is 0 Å². The van der Waals surface area contributed by atoms with Crippen molar-refractivity contribution in [2.45, 2.75) is 25.8 Å². The topological polar surface area (TPSA) is 30.5 Å². The lowest BCUT2D eigenvalue weighted by Crippen LogP contribution is -2.28. The smallest absolute Gasteiger partial charge is 0.129 e. The molecule has 0 aromatic carbocycles. The molecule has 1 aromatic rings. The first-order valence-electron chi connectivity index (χ1n) is 6.28. The van der Waals surface area contributed by atoms with E-state index in [-0.39, 0.29) is 0 Å². The molecule has 96 valence electrons. The minimum atomic E-state index is 0.423. The molecule has 1 saturated heterocycles. The minimum Gasteiger partial charge on any atom is -0.496 e. The van der Waals surface area contributed by atoms with E-state index in [4.69, 9.17) is 9.47 Å². The van der Waals surface area contributed by atoms with Gasteiger partial charge in [-0.1, -0.05) is 6.92 Å². The van der Waals surface area contributed by atoms with Gasteiger partial charge in [-0.05, 0) is 25.5 Å². The maximum Gasteiger partial charge on any atom is 0.129 e. The zero-order valence-electron chi connectivity index (χ0n) is 10.6. The summed E-state index contributed by atoms with van der Waals surface area (Å²) in [4.78, 5) is 1.37. The highest BCUT2D eigenvalue weighted by molar-refractivity contribution is 7.10. The molecule has 1 fully saturated rings. The molecular weight excluding hydrogens is 234 g/mol. The van der Waals surface area contributed by atoms with Crippen molar-refractivity contribution in [3.8, 4) is 5.75 Å². The molecule has 3 nitrogen and oxygen atoms in total. The fourth-order valence-corrected chi connectivity index (χ4v) is 3.24.